The summed E-state index contributed by atoms with van der Waals surface area (Å²) in [6.07, 6.45) is 2.33. The highest BCUT2D eigenvalue weighted by molar-refractivity contribution is 7.84. The third-order valence-corrected chi connectivity index (χ3v) is 3.14. The highest BCUT2D eigenvalue weighted by atomic mass is 32.2. The fourth-order valence-corrected chi connectivity index (χ4v) is 2.10. The van der Waals surface area contributed by atoms with Gasteiger partial charge >= 0.3 is 5.69 Å². The molecule has 7 nitrogen and oxygen atoms in total. The van der Waals surface area contributed by atoms with E-state index in [9.17, 15) is 14.3 Å². The van der Waals surface area contributed by atoms with Crippen LogP contribution >= 0.6 is 0 Å². The predicted octanol–water partition coefficient (Wildman–Crippen LogP) is 0.817. The summed E-state index contributed by atoms with van der Waals surface area (Å²) < 4.78 is 12.3. The van der Waals surface area contributed by atoms with Gasteiger partial charge in [0.25, 0.3) is 0 Å². The molecule has 1 heterocycles. The first-order valence-corrected chi connectivity index (χ1v) is 6.88. The molecule has 0 aliphatic heterocycles. The zero-order chi connectivity index (χ0) is 13.0. The van der Waals surface area contributed by atoms with Gasteiger partial charge in [-0.25, -0.2) is 4.68 Å². The zero-order valence-electron chi connectivity index (χ0n) is 10.1. The van der Waals surface area contributed by atoms with Gasteiger partial charge < -0.3 is 5.32 Å². The van der Waals surface area contributed by atoms with Crippen LogP contribution in [0.3, 0.4) is 0 Å². The van der Waals surface area contributed by atoms with Crippen LogP contribution in [0.5, 0.6) is 0 Å². The largest absolute Gasteiger partial charge is 0.365 e. The molecule has 0 aliphatic rings. The molecule has 1 N–H and O–H groups in total. The number of nitrogens with zero attached hydrogens (tertiary/aromatic N) is 3. The van der Waals surface area contributed by atoms with E-state index in [0.717, 1.165) is 0 Å². The van der Waals surface area contributed by atoms with Crippen molar-refractivity contribution >= 4 is 22.3 Å². The van der Waals surface area contributed by atoms with E-state index in [1.54, 1.807) is 20.2 Å². The summed E-state index contributed by atoms with van der Waals surface area (Å²) in [5, 5.41) is 17.8. The van der Waals surface area contributed by atoms with Gasteiger partial charge in [-0.1, -0.05) is 0 Å². The molecular weight excluding hydrogens is 244 g/mol. The van der Waals surface area contributed by atoms with E-state index in [1.165, 1.54) is 4.68 Å². The van der Waals surface area contributed by atoms with Crippen LogP contribution in [0.25, 0.3) is 0 Å². The average Bonchev–Trinajstić information content (AvgIpc) is 2.48. The quantitative estimate of drug-likeness (QED) is 0.464. The van der Waals surface area contributed by atoms with E-state index >= 15 is 0 Å². The van der Waals surface area contributed by atoms with Gasteiger partial charge in [-0.3, -0.25) is 14.3 Å². The summed E-state index contributed by atoms with van der Waals surface area (Å²) in [7, 11) is 0.819. The standard InChI is InChI=1S/C9H16N4O3S/c1-7-8(13(14)15)9(12(2)11-7)10-5-4-6-17(3)16/h10H,4-6H2,1-3H3. The van der Waals surface area contributed by atoms with Crippen LogP contribution in [0, 0.1) is 17.0 Å². The van der Waals surface area contributed by atoms with Crippen molar-refractivity contribution in [2.24, 2.45) is 7.05 Å². The first-order valence-electron chi connectivity index (χ1n) is 5.15. The maximum absolute atomic E-state index is 10.9. The van der Waals surface area contributed by atoms with Crippen molar-refractivity contribution in [3.05, 3.63) is 15.8 Å². The number of aromatic nitrogens is 2. The van der Waals surface area contributed by atoms with Crippen molar-refractivity contribution in [1.29, 1.82) is 0 Å². The molecule has 0 aliphatic carbocycles. The number of hydrogen-bond acceptors (Lipinski definition) is 5. The minimum absolute atomic E-state index is 0.00474. The topological polar surface area (TPSA) is 90.1 Å². The van der Waals surface area contributed by atoms with Gasteiger partial charge in [0.05, 0.1) is 4.92 Å². The minimum atomic E-state index is -0.834. The monoisotopic (exact) mass is 260 g/mol. The smallest absolute Gasteiger partial charge is 0.333 e. The van der Waals surface area contributed by atoms with E-state index in [1.807, 2.05) is 0 Å². The average molecular weight is 260 g/mol. The summed E-state index contributed by atoms with van der Waals surface area (Å²) in [4.78, 5) is 10.4. The normalized spacial score (nSPS) is 12.4. The lowest BCUT2D eigenvalue weighted by Gasteiger charge is -2.04. The zero-order valence-corrected chi connectivity index (χ0v) is 10.9. The summed E-state index contributed by atoms with van der Waals surface area (Å²) >= 11 is 0. The molecule has 0 saturated heterocycles. The Morgan fingerprint density at radius 2 is 2.24 bits per heavy atom. The second-order valence-electron chi connectivity index (χ2n) is 3.72. The molecule has 0 amide bonds. The molecule has 0 fully saturated rings. The van der Waals surface area contributed by atoms with Gasteiger partial charge in [-0.2, -0.15) is 5.10 Å². The lowest BCUT2D eigenvalue weighted by Crippen LogP contribution is -2.10. The molecule has 0 radical (unpaired) electrons. The molecule has 1 atom stereocenters. The van der Waals surface area contributed by atoms with Gasteiger partial charge in [0.2, 0.25) is 5.82 Å². The second-order valence-corrected chi connectivity index (χ2v) is 5.28. The minimum Gasteiger partial charge on any atom is -0.365 e. The van der Waals surface area contributed by atoms with Crippen molar-refractivity contribution in [3.63, 3.8) is 0 Å². The third kappa shape index (κ3) is 3.52. The number of hydrogen-bond donors (Lipinski definition) is 1. The molecule has 8 heteroatoms. The second kappa shape index (κ2) is 5.76. The maximum Gasteiger partial charge on any atom is 0.333 e. The van der Waals surface area contributed by atoms with Gasteiger partial charge in [0.15, 0.2) is 0 Å². The van der Waals surface area contributed by atoms with E-state index in [4.69, 9.17) is 0 Å². The Morgan fingerprint density at radius 1 is 1.59 bits per heavy atom. The van der Waals surface area contributed by atoms with Crippen molar-refractivity contribution in [3.8, 4) is 0 Å². The van der Waals surface area contributed by atoms with Crippen molar-refractivity contribution in [2.75, 3.05) is 23.9 Å². The molecular formula is C9H16N4O3S. The SMILES string of the molecule is Cc1nn(C)c(NCCCS(C)=O)c1[N+](=O)[O-]. The Balaban J connectivity index is 2.70. The van der Waals surface area contributed by atoms with Gasteiger partial charge in [-0.15, -0.1) is 0 Å². The molecule has 96 valence electrons. The molecule has 1 unspecified atom stereocenters. The molecule has 0 saturated carbocycles. The summed E-state index contributed by atoms with van der Waals surface area (Å²) in [5.74, 6) is 0.979. The number of aryl methyl sites for hydroxylation is 2. The van der Waals surface area contributed by atoms with Crippen LogP contribution in [0.15, 0.2) is 0 Å². The van der Waals surface area contributed by atoms with Crippen molar-refractivity contribution < 1.29 is 9.13 Å². The molecule has 1 aromatic rings. The highest BCUT2D eigenvalue weighted by Crippen LogP contribution is 2.26. The fourth-order valence-electron chi connectivity index (χ4n) is 1.55. The lowest BCUT2D eigenvalue weighted by atomic mass is 10.3. The molecule has 0 bridgehead atoms. The van der Waals surface area contributed by atoms with Gasteiger partial charge in [-0.05, 0) is 13.3 Å². The van der Waals surface area contributed by atoms with Crippen LogP contribution in [0.4, 0.5) is 11.5 Å². The summed E-state index contributed by atoms with van der Waals surface area (Å²) in [6, 6.07) is 0. The van der Waals surface area contributed by atoms with Gasteiger partial charge in [0, 0.05) is 36.4 Å². The predicted molar refractivity (Wildman–Crippen MR) is 66.6 cm³/mol. The molecule has 17 heavy (non-hydrogen) atoms. The first kappa shape index (κ1) is 13.6. The number of nitrogens with one attached hydrogen (secondary N) is 1. The van der Waals surface area contributed by atoms with Gasteiger partial charge in [0.1, 0.15) is 5.69 Å². The highest BCUT2D eigenvalue weighted by Gasteiger charge is 2.23. The first-order chi connectivity index (χ1) is 7.93. The van der Waals surface area contributed by atoms with E-state index in [0.29, 0.717) is 30.2 Å². The Labute approximate surface area is 102 Å². The van der Waals surface area contributed by atoms with Crippen molar-refractivity contribution in [2.45, 2.75) is 13.3 Å². The Bertz CT molecular complexity index is 444. The Hall–Kier alpha value is -1.44. The van der Waals surface area contributed by atoms with Crippen LogP contribution in [-0.2, 0) is 17.8 Å². The maximum atomic E-state index is 10.9. The molecule has 0 aromatic carbocycles. The summed E-state index contributed by atoms with van der Waals surface area (Å²) in [6.45, 7) is 2.14. The number of anilines is 1. The lowest BCUT2D eigenvalue weighted by molar-refractivity contribution is -0.384. The molecule has 1 aromatic heterocycles. The molecule has 0 spiro atoms. The van der Waals surface area contributed by atoms with Crippen LogP contribution in [-0.4, -0.2) is 37.5 Å². The van der Waals surface area contributed by atoms with Crippen molar-refractivity contribution in [1.82, 2.24) is 9.78 Å². The van der Waals surface area contributed by atoms with E-state index in [2.05, 4.69) is 10.4 Å². The van der Waals surface area contributed by atoms with E-state index in [-0.39, 0.29) is 5.69 Å². The Kier molecular flexibility index (Phi) is 4.62. The number of nitro groups is 1. The summed E-state index contributed by atoms with van der Waals surface area (Å²) in [5.41, 5.74) is 0.393. The van der Waals surface area contributed by atoms with Crippen LogP contribution in [0.2, 0.25) is 0 Å². The fraction of sp³-hybridized carbons (Fsp3) is 0.667. The molecule has 1 rings (SSSR count). The van der Waals surface area contributed by atoms with E-state index < -0.39 is 15.7 Å². The van der Waals surface area contributed by atoms with Crippen LogP contribution < -0.4 is 5.32 Å². The van der Waals surface area contributed by atoms with Crippen LogP contribution in [0.1, 0.15) is 12.1 Å². The third-order valence-electron chi connectivity index (χ3n) is 2.27. The Morgan fingerprint density at radius 3 is 2.76 bits per heavy atom. The number of rotatable bonds is 6.